The molecule has 22 heavy (non-hydrogen) atoms. The van der Waals surface area contributed by atoms with Crippen molar-refractivity contribution < 1.29 is 9.59 Å². The van der Waals surface area contributed by atoms with E-state index in [4.69, 9.17) is 23.2 Å². The van der Waals surface area contributed by atoms with Crippen molar-refractivity contribution in [2.75, 3.05) is 11.9 Å². The normalized spacial score (nSPS) is 22.4. The predicted molar refractivity (Wildman–Crippen MR) is 87.2 cm³/mol. The van der Waals surface area contributed by atoms with Gasteiger partial charge in [0.15, 0.2) is 0 Å². The average Bonchev–Trinajstić information content (AvgIpc) is 3.10. The molecule has 2 amide bonds. The molecule has 6 heteroatoms. The zero-order chi connectivity index (χ0) is 15.7. The lowest BCUT2D eigenvalue weighted by Crippen LogP contribution is -2.35. The van der Waals surface area contributed by atoms with Crippen molar-refractivity contribution in [3.05, 3.63) is 28.2 Å². The monoisotopic (exact) mass is 340 g/mol. The van der Waals surface area contributed by atoms with E-state index in [0.29, 0.717) is 28.3 Å². The van der Waals surface area contributed by atoms with E-state index in [1.807, 2.05) is 4.90 Å². The molecule has 1 saturated heterocycles. The van der Waals surface area contributed by atoms with Gasteiger partial charge in [0, 0.05) is 24.0 Å². The minimum absolute atomic E-state index is 0.0919. The molecule has 2 aliphatic rings. The minimum atomic E-state index is -0.306. The summed E-state index contributed by atoms with van der Waals surface area (Å²) < 4.78 is 0. The molecule has 1 aliphatic carbocycles. The third kappa shape index (κ3) is 3.23. The highest BCUT2D eigenvalue weighted by Gasteiger charge is 2.38. The molecule has 1 unspecified atom stereocenters. The number of hydrogen-bond donors (Lipinski definition) is 1. The molecule has 2 fully saturated rings. The number of halogens is 2. The SMILES string of the molecule is O=C(Nc1ccc(Cl)cc1Cl)C1CC(=O)N(C2CCCC2)C1. The van der Waals surface area contributed by atoms with Gasteiger partial charge in [-0.2, -0.15) is 0 Å². The quantitative estimate of drug-likeness (QED) is 0.911. The average molecular weight is 341 g/mol. The standard InChI is InChI=1S/C16H18Cl2N2O2/c17-11-5-6-14(13(18)8-11)19-16(22)10-7-15(21)20(9-10)12-3-1-2-4-12/h5-6,8,10,12H,1-4,7,9H2,(H,19,22). The Morgan fingerprint density at radius 2 is 1.95 bits per heavy atom. The van der Waals surface area contributed by atoms with E-state index in [-0.39, 0.29) is 24.2 Å². The number of rotatable bonds is 3. The number of amides is 2. The van der Waals surface area contributed by atoms with Gasteiger partial charge in [-0.3, -0.25) is 9.59 Å². The van der Waals surface area contributed by atoms with Crippen LogP contribution >= 0.6 is 23.2 Å². The van der Waals surface area contributed by atoms with E-state index < -0.39 is 0 Å². The fraction of sp³-hybridized carbons (Fsp3) is 0.500. The van der Waals surface area contributed by atoms with Gasteiger partial charge < -0.3 is 10.2 Å². The molecule has 1 aromatic carbocycles. The highest BCUT2D eigenvalue weighted by molar-refractivity contribution is 6.36. The number of carbonyl (C=O) groups excluding carboxylic acids is 2. The maximum atomic E-state index is 12.4. The van der Waals surface area contributed by atoms with Crippen LogP contribution in [0.15, 0.2) is 18.2 Å². The number of hydrogen-bond acceptors (Lipinski definition) is 2. The Balaban J connectivity index is 1.64. The molecule has 1 N–H and O–H groups in total. The largest absolute Gasteiger partial charge is 0.339 e. The molecule has 4 nitrogen and oxygen atoms in total. The third-order valence-electron chi connectivity index (χ3n) is 4.48. The van der Waals surface area contributed by atoms with Crippen LogP contribution in [-0.4, -0.2) is 29.3 Å². The van der Waals surface area contributed by atoms with Gasteiger partial charge in [-0.25, -0.2) is 0 Å². The van der Waals surface area contributed by atoms with Gasteiger partial charge in [0.25, 0.3) is 0 Å². The summed E-state index contributed by atoms with van der Waals surface area (Å²) in [5.74, 6) is -0.368. The molecule has 1 heterocycles. The molecule has 0 aromatic heterocycles. The second-order valence-electron chi connectivity index (χ2n) is 6.00. The number of nitrogens with zero attached hydrogens (tertiary/aromatic N) is 1. The van der Waals surface area contributed by atoms with Gasteiger partial charge in [0.1, 0.15) is 0 Å². The highest BCUT2D eigenvalue weighted by atomic mass is 35.5. The van der Waals surface area contributed by atoms with Crippen LogP contribution < -0.4 is 5.32 Å². The molecule has 118 valence electrons. The van der Waals surface area contributed by atoms with Gasteiger partial charge in [-0.05, 0) is 31.0 Å². The van der Waals surface area contributed by atoms with Crippen molar-refractivity contribution in [1.82, 2.24) is 4.90 Å². The number of benzene rings is 1. The first-order valence-electron chi connectivity index (χ1n) is 7.60. The van der Waals surface area contributed by atoms with E-state index in [0.717, 1.165) is 12.8 Å². The Morgan fingerprint density at radius 3 is 2.64 bits per heavy atom. The Labute approximate surface area is 139 Å². The fourth-order valence-electron chi connectivity index (χ4n) is 3.30. The molecule has 1 saturated carbocycles. The third-order valence-corrected chi connectivity index (χ3v) is 5.03. The lowest BCUT2D eigenvalue weighted by molar-refractivity contribution is -0.129. The molecular formula is C16H18Cl2N2O2. The molecule has 1 atom stereocenters. The Hall–Kier alpha value is -1.26. The first kappa shape index (κ1) is 15.6. The van der Waals surface area contributed by atoms with Crippen molar-refractivity contribution in [3.63, 3.8) is 0 Å². The Kier molecular flexibility index (Phi) is 4.59. The van der Waals surface area contributed by atoms with Gasteiger partial charge in [-0.1, -0.05) is 36.0 Å². The molecule has 0 spiro atoms. The lowest BCUT2D eigenvalue weighted by Gasteiger charge is -2.23. The minimum Gasteiger partial charge on any atom is -0.339 e. The van der Waals surface area contributed by atoms with E-state index in [2.05, 4.69) is 5.32 Å². The molecule has 0 radical (unpaired) electrons. The van der Waals surface area contributed by atoms with E-state index >= 15 is 0 Å². The summed E-state index contributed by atoms with van der Waals surface area (Å²) in [5, 5.41) is 3.72. The number of anilines is 1. The molecule has 3 rings (SSSR count). The van der Waals surface area contributed by atoms with E-state index in [1.165, 1.54) is 12.8 Å². The second kappa shape index (κ2) is 6.47. The van der Waals surface area contributed by atoms with Crippen LogP contribution in [0, 0.1) is 5.92 Å². The second-order valence-corrected chi connectivity index (χ2v) is 6.84. The first-order valence-corrected chi connectivity index (χ1v) is 8.35. The van der Waals surface area contributed by atoms with Crippen LogP contribution in [0.5, 0.6) is 0 Å². The highest BCUT2D eigenvalue weighted by Crippen LogP contribution is 2.31. The van der Waals surface area contributed by atoms with Crippen LogP contribution in [0.4, 0.5) is 5.69 Å². The van der Waals surface area contributed by atoms with Crippen molar-refractivity contribution >= 4 is 40.7 Å². The van der Waals surface area contributed by atoms with Crippen molar-refractivity contribution in [3.8, 4) is 0 Å². The van der Waals surface area contributed by atoms with Crippen LogP contribution in [-0.2, 0) is 9.59 Å². The van der Waals surface area contributed by atoms with Crippen LogP contribution in [0.2, 0.25) is 10.0 Å². The van der Waals surface area contributed by atoms with Crippen LogP contribution in [0.3, 0.4) is 0 Å². The van der Waals surface area contributed by atoms with Gasteiger partial charge in [0.2, 0.25) is 11.8 Å². The van der Waals surface area contributed by atoms with E-state index in [9.17, 15) is 9.59 Å². The Morgan fingerprint density at radius 1 is 1.23 bits per heavy atom. The van der Waals surface area contributed by atoms with Gasteiger partial charge >= 0.3 is 0 Å². The smallest absolute Gasteiger partial charge is 0.229 e. The summed E-state index contributed by atoms with van der Waals surface area (Å²) in [5.41, 5.74) is 0.530. The number of likely N-dealkylation sites (tertiary alicyclic amines) is 1. The van der Waals surface area contributed by atoms with Crippen molar-refractivity contribution in [2.45, 2.75) is 38.1 Å². The zero-order valence-corrected chi connectivity index (χ0v) is 13.7. The topological polar surface area (TPSA) is 49.4 Å². The molecule has 1 aromatic rings. The molecule has 0 bridgehead atoms. The van der Waals surface area contributed by atoms with Crippen molar-refractivity contribution in [1.29, 1.82) is 0 Å². The van der Waals surface area contributed by atoms with Gasteiger partial charge in [-0.15, -0.1) is 0 Å². The fourth-order valence-corrected chi connectivity index (χ4v) is 3.76. The summed E-state index contributed by atoms with van der Waals surface area (Å²) in [6, 6.07) is 5.26. The number of carbonyl (C=O) groups is 2. The molecular weight excluding hydrogens is 323 g/mol. The Bertz CT molecular complexity index is 600. The predicted octanol–water partition coefficient (Wildman–Crippen LogP) is 3.72. The first-order chi connectivity index (χ1) is 10.5. The summed E-state index contributed by atoms with van der Waals surface area (Å²) >= 11 is 11.9. The lowest BCUT2D eigenvalue weighted by atomic mass is 10.1. The number of nitrogens with one attached hydrogen (secondary N) is 1. The summed E-state index contributed by atoms with van der Waals surface area (Å²) in [6.07, 6.45) is 4.75. The van der Waals surface area contributed by atoms with Crippen LogP contribution in [0.25, 0.3) is 0 Å². The summed E-state index contributed by atoms with van der Waals surface area (Å²) in [7, 11) is 0. The summed E-state index contributed by atoms with van der Waals surface area (Å²) in [4.78, 5) is 26.4. The maximum absolute atomic E-state index is 12.4. The van der Waals surface area contributed by atoms with Crippen LogP contribution in [0.1, 0.15) is 32.1 Å². The maximum Gasteiger partial charge on any atom is 0.229 e. The zero-order valence-electron chi connectivity index (χ0n) is 12.1. The van der Waals surface area contributed by atoms with Crippen molar-refractivity contribution in [2.24, 2.45) is 5.92 Å². The summed E-state index contributed by atoms with van der Waals surface area (Å²) in [6.45, 7) is 0.514. The molecule has 1 aliphatic heterocycles. The van der Waals surface area contributed by atoms with Gasteiger partial charge in [0.05, 0.1) is 16.6 Å². The van der Waals surface area contributed by atoms with E-state index in [1.54, 1.807) is 18.2 Å².